The molecule has 160 valence electrons. The Labute approximate surface area is 179 Å². The van der Waals surface area contributed by atoms with Crippen molar-refractivity contribution in [1.82, 2.24) is 19.9 Å². The maximum Gasteiger partial charge on any atom is 0.152 e. The van der Waals surface area contributed by atoms with Crippen molar-refractivity contribution in [3.63, 3.8) is 0 Å². The summed E-state index contributed by atoms with van der Waals surface area (Å²) in [5, 5.41) is 24.2. The summed E-state index contributed by atoms with van der Waals surface area (Å²) in [6.07, 6.45) is 4.17. The Hall–Kier alpha value is -2.86. The monoisotopic (exact) mass is 420 g/mol. The number of nitriles is 1. The Morgan fingerprint density at radius 3 is 3.03 bits per heavy atom. The third-order valence-corrected chi connectivity index (χ3v) is 6.91. The van der Waals surface area contributed by atoms with Gasteiger partial charge in [0.05, 0.1) is 34.9 Å². The lowest BCUT2D eigenvalue weighted by Crippen LogP contribution is -2.38. The number of nitrogens with one attached hydrogen (secondary N) is 1. The van der Waals surface area contributed by atoms with Gasteiger partial charge in [0, 0.05) is 18.8 Å². The van der Waals surface area contributed by atoms with Gasteiger partial charge in [-0.15, -0.1) is 0 Å². The standard InChI is InChI=1S/C23H25FN6O/c1-12-20-18(24)10-30(23(20)29-11-28-12)19-7-16(21(26)22(19)31)6-15-5-13(8-25)4-14-2-3-27-9-17(14)15/h4-5,10-11,16,19,21-22,27,31H,2-3,6-7,9,26H2,1H3/t16-,19+,21+,22-/m0/s1. The molecule has 8 heteroatoms. The molecule has 3 aromatic rings. The van der Waals surface area contributed by atoms with Crippen molar-refractivity contribution in [2.45, 2.75) is 50.9 Å². The third kappa shape index (κ3) is 3.30. The number of fused-ring (bicyclic) bond motifs is 2. The molecular formula is C23H25FN6O. The molecule has 2 aliphatic rings. The zero-order valence-electron chi connectivity index (χ0n) is 17.3. The summed E-state index contributed by atoms with van der Waals surface area (Å²) in [4.78, 5) is 8.36. The van der Waals surface area contributed by atoms with Crippen LogP contribution in [0.2, 0.25) is 0 Å². The van der Waals surface area contributed by atoms with E-state index < -0.39 is 12.1 Å². The Balaban J connectivity index is 1.48. The zero-order chi connectivity index (χ0) is 21.7. The predicted molar refractivity (Wildman–Crippen MR) is 114 cm³/mol. The highest BCUT2D eigenvalue weighted by Gasteiger charge is 2.42. The molecule has 7 nitrogen and oxygen atoms in total. The van der Waals surface area contributed by atoms with E-state index in [9.17, 15) is 14.8 Å². The summed E-state index contributed by atoms with van der Waals surface area (Å²) in [5.41, 5.74) is 11.7. The first-order valence-electron chi connectivity index (χ1n) is 10.6. The Morgan fingerprint density at radius 2 is 2.23 bits per heavy atom. The SMILES string of the molecule is Cc1ncnc2c1c(F)cn2[C@@H]1C[C@H](Cc2cc(C#N)cc3c2CNCC3)[C@@H](N)[C@H]1O. The van der Waals surface area contributed by atoms with E-state index in [-0.39, 0.29) is 17.8 Å². The fourth-order valence-electron chi connectivity index (χ4n) is 5.29. The summed E-state index contributed by atoms with van der Waals surface area (Å²) in [5.74, 6) is -0.386. The fourth-order valence-corrected chi connectivity index (χ4v) is 5.29. The van der Waals surface area contributed by atoms with Crippen LogP contribution in [0.4, 0.5) is 4.39 Å². The number of benzene rings is 1. The van der Waals surface area contributed by atoms with Crippen LogP contribution in [0.1, 0.15) is 40.4 Å². The minimum absolute atomic E-state index is 0.00316. The van der Waals surface area contributed by atoms with Crippen LogP contribution >= 0.6 is 0 Å². The average molecular weight is 420 g/mol. The first-order chi connectivity index (χ1) is 15.0. The fraction of sp³-hybridized carbons (Fsp3) is 0.435. The third-order valence-electron chi connectivity index (χ3n) is 6.91. The van der Waals surface area contributed by atoms with Crippen molar-refractivity contribution in [2.75, 3.05) is 6.54 Å². The van der Waals surface area contributed by atoms with Crippen molar-refractivity contribution in [3.8, 4) is 6.07 Å². The van der Waals surface area contributed by atoms with Crippen molar-refractivity contribution < 1.29 is 9.50 Å². The summed E-state index contributed by atoms with van der Waals surface area (Å²) in [6, 6.07) is 5.36. The number of aryl methyl sites for hydroxylation is 1. The zero-order valence-corrected chi connectivity index (χ0v) is 17.3. The van der Waals surface area contributed by atoms with E-state index in [4.69, 9.17) is 5.73 Å². The van der Waals surface area contributed by atoms with Gasteiger partial charge in [0.25, 0.3) is 0 Å². The Morgan fingerprint density at radius 1 is 1.39 bits per heavy atom. The molecular weight excluding hydrogens is 395 g/mol. The molecule has 1 saturated carbocycles. The summed E-state index contributed by atoms with van der Waals surface area (Å²) in [6.45, 7) is 3.42. The molecule has 1 aliphatic heterocycles. The molecule has 1 aromatic carbocycles. The van der Waals surface area contributed by atoms with Crippen LogP contribution in [0.3, 0.4) is 0 Å². The smallest absolute Gasteiger partial charge is 0.152 e. The number of nitrogens with two attached hydrogens (primary N) is 1. The van der Waals surface area contributed by atoms with Gasteiger partial charge in [-0.1, -0.05) is 0 Å². The lowest BCUT2D eigenvalue weighted by Gasteiger charge is -2.24. The van der Waals surface area contributed by atoms with E-state index in [1.165, 1.54) is 23.7 Å². The van der Waals surface area contributed by atoms with E-state index in [2.05, 4.69) is 21.4 Å². The summed E-state index contributed by atoms with van der Waals surface area (Å²) >= 11 is 0. The normalized spacial score (nSPS) is 25.5. The van der Waals surface area contributed by atoms with Crippen LogP contribution in [0, 0.1) is 30.0 Å². The maximum atomic E-state index is 14.6. The first-order valence-corrected chi connectivity index (χ1v) is 10.6. The van der Waals surface area contributed by atoms with E-state index in [1.54, 1.807) is 11.5 Å². The van der Waals surface area contributed by atoms with E-state index in [0.29, 0.717) is 35.1 Å². The molecule has 5 rings (SSSR count). The second kappa shape index (κ2) is 7.68. The number of aliphatic hydroxyl groups is 1. The lowest BCUT2D eigenvalue weighted by atomic mass is 9.87. The van der Waals surface area contributed by atoms with Crippen molar-refractivity contribution in [2.24, 2.45) is 11.7 Å². The molecule has 31 heavy (non-hydrogen) atoms. The minimum atomic E-state index is -0.816. The highest BCUT2D eigenvalue weighted by molar-refractivity contribution is 5.79. The second-order valence-electron chi connectivity index (χ2n) is 8.69. The second-order valence-corrected chi connectivity index (χ2v) is 8.69. The molecule has 1 fully saturated rings. The van der Waals surface area contributed by atoms with Gasteiger partial charge < -0.3 is 20.7 Å². The molecule has 0 amide bonds. The van der Waals surface area contributed by atoms with Crippen LogP contribution in [0.5, 0.6) is 0 Å². The highest BCUT2D eigenvalue weighted by Crippen LogP contribution is 2.39. The Kier molecular flexibility index (Phi) is 4.97. The molecule has 0 saturated heterocycles. The van der Waals surface area contributed by atoms with Gasteiger partial charge in [0.15, 0.2) is 5.82 Å². The number of halogens is 1. The van der Waals surface area contributed by atoms with Gasteiger partial charge in [-0.2, -0.15) is 5.26 Å². The van der Waals surface area contributed by atoms with E-state index in [1.807, 2.05) is 12.1 Å². The first kappa shape index (κ1) is 20.1. The average Bonchev–Trinajstić information content (AvgIpc) is 3.25. The molecule has 4 N–H and O–H groups in total. The maximum absolute atomic E-state index is 14.6. The molecule has 2 aromatic heterocycles. The number of nitrogens with zero attached hydrogens (tertiary/aromatic N) is 4. The lowest BCUT2D eigenvalue weighted by molar-refractivity contribution is 0.119. The van der Waals surface area contributed by atoms with Crippen LogP contribution in [0.15, 0.2) is 24.7 Å². The van der Waals surface area contributed by atoms with E-state index in [0.717, 1.165) is 25.1 Å². The number of rotatable bonds is 3. The van der Waals surface area contributed by atoms with Gasteiger partial charge in [-0.25, -0.2) is 14.4 Å². The molecule has 0 bridgehead atoms. The molecule has 4 atom stereocenters. The van der Waals surface area contributed by atoms with Gasteiger partial charge in [-0.3, -0.25) is 0 Å². The number of hydrogen-bond donors (Lipinski definition) is 3. The molecule has 0 unspecified atom stereocenters. The number of aliphatic hydroxyl groups excluding tert-OH is 1. The molecule has 3 heterocycles. The van der Waals surface area contributed by atoms with Gasteiger partial charge in [0.1, 0.15) is 12.0 Å². The molecule has 0 radical (unpaired) electrons. The van der Waals surface area contributed by atoms with Crippen LogP contribution in [-0.4, -0.2) is 38.3 Å². The van der Waals surface area contributed by atoms with E-state index >= 15 is 0 Å². The van der Waals surface area contributed by atoms with Crippen LogP contribution < -0.4 is 11.1 Å². The van der Waals surface area contributed by atoms with Crippen LogP contribution in [0.25, 0.3) is 11.0 Å². The van der Waals surface area contributed by atoms with Crippen molar-refractivity contribution >= 4 is 11.0 Å². The molecule has 0 spiro atoms. The van der Waals surface area contributed by atoms with Gasteiger partial charge in [-0.05, 0) is 67.5 Å². The quantitative estimate of drug-likeness (QED) is 0.596. The topological polar surface area (TPSA) is 113 Å². The predicted octanol–water partition coefficient (Wildman–Crippen LogP) is 1.89. The largest absolute Gasteiger partial charge is 0.389 e. The number of aromatic nitrogens is 3. The summed E-state index contributed by atoms with van der Waals surface area (Å²) in [7, 11) is 0. The van der Waals surface area contributed by atoms with Crippen LogP contribution in [-0.2, 0) is 19.4 Å². The van der Waals surface area contributed by atoms with Gasteiger partial charge >= 0.3 is 0 Å². The summed E-state index contributed by atoms with van der Waals surface area (Å²) < 4.78 is 16.3. The van der Waals surface area contributed by atoms with Crippen molar-refractivity contribution in [1.29, 1.82) is 5.26 Å². The van der Waals surface area contributed by atoms with Gasteiger partial charge in [0.2, 0.25) is 0 Å². The highest BCUT2D eigenvalue weighted by atomic mass is 19.1. The minimum Gasteiger partial charge on any atom is -0.389 e. The Bertz CT molecular complexity index is 1200. The van der Waals surface area contributed by atoms with Crippen molar-refractivity contribution in [3.05, 3.63) is 58.4 Å². The molecule has 1 aliphatic carbocycles. The number of hydrogen-bond acceptors (Lipinski definition) is 6.